The van der Waals surface area contributed by atoms with Crippen LogP contribution in [-0.4, -0.2) is 64.0 Å². The van der Waals surface area contributed by atoms with Gasteiger partial charge in [0.05, 0.1) is 18.1 Å². The Morgan fingerprint density at radius 2 is 2.04 bits per heavy atom. The number of nitrogens with one attached hydrogen (secondary N) is 2. The van der Waals surface area contributed by atoms with Crippen molar-refractivity contribution in [2.24, 2.45) is 10.9 Å². The molecule has 1 spiro atoms. The Morgan fingerprint density at radius 3 is 2.68 bits per heavy atom. The van der Waals surface area contributed by atoms with E-state index >= 15 is 0 Å². The van der Waals surface area contributed by atoms with E-state index in [2.05, 4.69) is 15.6 Å². The molecule has 0 aromatic rings. The summed E-state index contributed by atoms with van der Waals surface area (Å²) in [7, 11) is -2.84. The van der Waals surface area contributed by atoms with Gasteiger partial charge in [0.2, 0.25) is 0 Å². The lowest BCUT2D eigenvalue weighted by Crippen LogP contribution is -2.42. The first-order chi connectivity index (χ1) is 11.5. The molecule has 3 aliphatic rings. The quantitative estimate of drug-likeness (QED) is 0.345. The molecule has 2 atom stereocenters. The SMILES string of the molecule is CCNC(=NCC1CCS(=O)(=O)C1)NCC1COC2(CCCC2)O1.I. The average Bonchev–Trinajstić information content (AvgIpc) is 3.25. The number of hydrogen-bond donors (Lipinski definition) is 2. The fourth-order valence-corrected chi connectivity index (χ4v) is 5.53. The van der Waals surface area contributed by atoms with E-state index in [0.717, 1.165) is 25.3 Å². The van der Waals surface area contributed by atoms with Crippen LogP contribution >= 0.6 is 24.0 Å². The van der Waals surface area contributed by atoms with Gasteiger partial charge in [-0.1, -0.05) is 0 Å². The Kier molecular flexibility index (Phi) is 7.78. The number of sulfone groups is 1. The molecule has 3 rings (SSSR count). The predicted octanol–water partition coefficient (Wildman–Crippen LogP) is 1.28. The number of nitrogens with zero attached hydrogens (tertiary/aromatic N) is 1. The van der Waals surface area contributed by atoms with Crippen LogP contribution in [0.1, 0.15) is 39.0 Å². The molecule has 2 saturated heterocycles. The maximum Gasteiger partial charge on any atom is 0.191 e. The van der Waals surface area contributed by atoms with Gasteiger partial charge in [0, 0.05) is 32.5 Å². The normalized spacial score (nSPS) is 30.4. The van der Waals surface area contributed by atoms with Crippen molar-refractivity contribution in [2.45, 2.75) is 50.9 Å². The van der Waals surface area contributed by atoms with Gasteiger partial charge in [-0.2, -0.15) is 0 Å². The summed E-state index contributed by atoms with van der Waals surface area (Å²) in [6.45, 7) is 4.59. The van der Waals surface area contributed by atoms with Crippen LogP contribution in [0.3, 0.4) is 0 Å². The van der Waals surface area contributed by atoms with Gasteiger partial charge in [-0.05, 0) is 32.1 Å². The maximum atomic E-state index is 11.5. The van der Waals surface area contributed by atoms with Crippen molar-refractivity contribution in [3.05, 3.63) is 0 Å². The zero-order valence-corrected chi connectivity index (χ0v) is 18.0. The van der Waals surface area contributed by atoms with Gasteiger partial charge in [-0.15, -0.1) is 24.0 Å². The van der Waals surface area contributed by atoms with E-state index in [1.807, 2.05) is 6.92 Å². The van der Waals surface area contributed by atoms with Gasteiger partial charge in [-0.3, -0.25) is 4.99 Å². The first-order valence-electron chi connectivity index (χ1n) is 9.05. The van der Waals surface area contributed by atoms with Gasteiger partial charge in [0.1, 0.15) is 6.10 Å². The first kappa shape index (κ1) is 21.2. The molecular weight excluding hydrogens is 457 g/mol. The molecule has 1 saturated carbocycles. The molecule has 2 heterocycles. The van der Waals surface area contributed by atoms with Crippen molar-refractivity contribution in [1.29, 1.82) is 0 Å². The number of ether oxygens (including phenoxy) is 2. The van der Waals surface area contributed by atoms with Crippen molar-refractivity contribution >= 4 is 39.8 Å². The van der Waals surface area contributed by atoms with Gasteiger partial charge in [0.15, 0.2) is 21.6 Å². The van der Waals surface area contributed by atoms with Crippen LogP contribution in [0.5, 0.6) is 0 Å². The minimum Gasteiger partial charge on any atom is -0.357 e. The topological polar surface area (TPSA) is 89.0 Å². The zero-order chi connectivity index (χ0) is 17.0. The number of halogens is 1. The Morgan fingerprint density at radius 1 is 1.28 bits per heavy atom. The zero-order valence-electron chi connectivity index (χ0n) is 14.8. The highest BCUT2D eigenvalue weighted by Gasteiger charge is 2.43. The summed E-state index contributed by atoms with van der Waals surface area (Å²) in [5.41, 5.74) is 0. The Labute approximate surface area is 167 Å². The lowest BCUT2D eigenvalue weighted by Gasteiger charge is -2.22. The molecule has 2 unspecified atom stereocenters. The van der Waals surface area contributed by atoms with Gasteiger partial charge in [-0.25, -0.2) is 8.42 Å². The Hall–Kier alpha value is -0.130. The van der Waals surface area contributed by atoms with E-state index in [4.69, 9.17) is 9.47 Å². The van der Waals surface area contributed by atoms with Crippen molar-refractivity contribution in [1.82, 2.24) is 10.6 Å². The molecule has 7 nitrogen and oxygen atoms in total. The van der Waals surface area contributed by atoms with Crippen LogP contribution in [0.15, 0.2) is 4.99 Å². The van der Waals surface area contributed by atoms with Gasteiger partial charge >= 0.3 is 0 Å². The molecule has 1 aliphatic carbocycles. The molecule has 0 aromatic carbocycles. The summed E-state index contributed by atoms with van der Waals surface area (Å²) in [4.78, 5) is 4.54. The summed E-state index contributed by atoms with van der Waals surface area (Å²) >= 11 is 0. The third kappa shape index (κ3) is 5.93. The third-order valence-corrected chi connectivity index (χ3v) is 6.79. The smallest absolute Gasteiger partial charge is 0.191 e. The number of aliphatic imine (C=N–C) groups is 1. The number of rotatable bonds is 5. The second-order valence-corrected chi connectivity index (χ2v) is 9.27. The molecule has 2 aliphatic heterocycles. The van der Waals surface area contributed by atoms with E-state index in [-0.39, 0.29) is 47.5 Å². The molecule has 146 valence electrons. The van der Waals surface area contributed by atoms with E-state index in [0.29, 0.717) is 31.9 Å². The highest BCUT2D eigenvalue weighted by Crippen LogP contribution is 2.38. The lowest BCUT2D eigenvalue weighted by atomic mass is 10.1. The largest absolute Gasteiger partial charge is 0.357 e. The molecule has 0 amide bonds. The minimum absolute atomic E-state index is 0. The second kappa shape index (κ2) is 9.18. The fraction of sp³-hybridized carbons (Fsp3) is 0.938. The average molecular weight is 487 g/mol. The summed E-state index contributed by atoms with van der Waals surface area (Å²) in [6, 6.07) is 0. The molecule has 9 heteroatoms. The van der Waals surface area contributed by atoms with Crippen molar-refractivity contribution in [2.75, 3.05) is 37.7 Å². The minimum atomic E-state index is -2.84. The molecular formula is C16H30IN3O4S. The molecule has 25 heavy (non-hydrogen) atoms. The molecule has 0 aromatic heterocycles. The number of hydrogen-bond acceptors (Lipinski definition) is 5. The standard InChI is InChI=1S/C16H29N3O4S.HI/c1-2-17-15(18-9-13-5-8-24(20,21)12-13)19-10-14-11-22-16(23-14)6-3-4-7-16;/h13-14H,2-12H2,1H3,(H2,17,18,19);1H. The van der Waals surface area contributed by atoms with E-state index < -0.39 is 9.84 Å². The predicted molar refractivity (Wildman–Crippen MR) is 108 cm³/mol. The highest BCUT2D eigenvalue weighted by atomic mass is 127. The fourth-order valence-electron chi connectivity index (χ4n) is 3.68. The molecule has 0 radical (unpaired) electrons. The first-order valence-corrected chi connectivity index (χ1v) is 10.9. The van der Waals surface area contributed by atoms with Crippen molar-refractivity contribution in [3.63, 3.8) is 0 Å². The van der Waals surface area contributed by atoms with Gasteiger partial charge < -0.3 is 20.1 Å². The summed E-state index contributed by atoms with van der Waals surface area (Å²) < 4.78 is 35.0. The lowest BCUT2D eigenvalue weighted by molar-refractivity contribution is -0.160. The molecule has 0 bridgehead atoms. The second-order valence-electron chi connectivity index (χ2n) is 7.04. The van der Waals surface area contributed by atoms with Crippen LogP contribution in [0.2, 0.25) is 0 Å². The molecule has 3 fully saturated rings. The maximum absolute atomic E-state index is 11.5. The monoisotopic (exact) mass is 487 g/mol. The highest BCUT2D eigenvalue weighted by molar-refractivity contribution is 14.0. The van der Waals surface area contributed by atoms with Gasteiger partial charge in [0.25, 0.3) is 0 Å². The number of guanidine groups is 1. The van der Waals surface area contributed by atoms with Crippen LogP contribution in [0.25, 0.3) is 0 Å². The third-order valence-electron chi connectivity index (χ3n) is 4.95. The molecule has 2 N–H and O–H groups in total. The summed E-state index contributed by atoms with van der Waals surface area (Å²) in [6.07, 6.45) is 5.09. The Balaban J connectivity index is 0.00000225. The van der Waals surface area contributed by atoms with Crippen molar-refractivity contribution < 1.29 is 17.9 Å². The summed E-state index contributed by atoms with van der Waals surface area (Å²) in [5, 5.41) is 6.50. The van der Waals surface area contributed by atoms with Crippen LogP contribution in [0, 0.1) is 5.92 Å². The van der Waals surface area contributed by atoms with Crippen LogP contribution in [0.4, 0.5) is 0 Å². The van der Waals surface area contributed by atoms with E-state index in [1.165, 1.54) is 12.8 Å². The van der Waals surface area contributed by atoms with Crippen LogP contribution < -0.4 is 10.6 Å². The van der Waals surface area contributed by atoms with E-state index in [9.17, 15) is 8.42 Å². The van der Waals surface area contributed by atoms with Crippen molar-refractivity contribution in [3.8, 4) is 0 Å². The van der Waals surface area contributed by atoms with E-state index in [1.54, 1.807) is 0 Å². The van der Waals surface area contributed by atoms with Crippen LogP contribution in [-0.2, 0) is 19.3 Å². The summed E-state index contributed by atoms with van der Waals surface area (Å²) in [5.74, 6) is 1.08. The Bertz CT molecular complexity index is 564.